The van der Waals surface area contributed by atoms with Gasteiger partial charge in [0, 0.05) is 18.3 Å². The van der Waals surface area contributed by atoms with Gasteiger partial charge in [-0.15, -0.1) is 0 Å². The molecular weight excluding hydrogens is 397 g/mol. The van der Waals surface area contributed by atoms with E-state index in [9.17, 15) is 13.5 Å². The van der Waals surface area contributed by atoms with E-state index in [1.165, 1.54) is 0 Å². The molecule has 0 atom stereocenters. The summed E-state index contributed by atoms with van der Waals surface area (Å²) in [6.07, 6.45) is 0. The van der Waals surface area contributed by atoms with Crippen LogP contribution in [0.5, 0.6) is 0 Å². The van der Waals surface area contributed by atoms with Gasteiger partial charge in [-0.05, 0) is 6.92 Å². The van der Waals surface area contributed by atoms with Gasteiger partial charge in [0.05, 0.1) is 0 Å². The summed E-state index contributed by atoms with van der Waals surface area (Å²) in [6.45, 7) is 1.07. The van der Waals surface area contributed by atoms with E-state index in [4.69, 9.17) is 0 Å². The van der Waals surface area contributed by atoms with Gasteiger partial charge in [-0.25, -0.2) is 0 Å². The molecule has 0 amide bonds. The van der Waals surface area contributed by atoms with Gasteiger partial charge in [0.1, 0.15) is 0 Å². The normalized spacial score (nSPS) is 9.78. The van der Waals surface area contributed by atoms with E-state index in [1.54, 1.807) is 0 Å². The predicted molar refractivity (Wildman–Crippen MR) is 28.3 cm³/mol. The first-order valence-electron chi connectivity index (χ1n) is 1.44. The van der Waals surface area contributed by atoms with Crippen LogP contribution in [0, 0.1) is 7.43 Å². The van der Waals surface area contributed by atoms with Gasteiger partial charge in [-0.1, -0.05) is 5.90 Å². The molecule has 0 aromatic carbocycles. The molecule has 50 valence electrons. The molecule has 0 unspecified atom stereocenters. The number of hydrogen-bond donors (Lipinski definition) is 0. The number of nitrogens with zero attached hydrogens (tertiary/aromatic N) is 1. The van der Waals surface area contributed by atoms with Crippen molar-refractivity contribution in [2.24, 2.45) is 4.40 Å². The maximum Gasteiger partial charge on any atom is 0.0467 e. The van der Waals surface area contributed by atoms with E-state index in [0.29, 0.717) is 0 Å². The monoisotopic (exact) mass is 403 g/mol. The second-order valence-electron chi connectivity index (χ2n) is 0.827. The Hall–Kier alpha value is -1.71. The van der Waals surface area contributed by atoms with Crippen molar-refractivity contribution >= 4 is 16.8 Å². The fraction of sp³-hybridized carbons (Fsp3) is 0.333. The summed E-state index contributed by atoms with van der Waals surface area (Å²) in [6, 6.07) is 0. The summed E-state index contributed by atoms with van der Waals surface area (Å²) in [5, 5.41) is 9.69. The number of hydrogen-bond acceptors (Lipinski definition) is 4. The summed E-state index contributed by atoms with van der Waals surface area (Å²) >= 11 is 0. The van der Waals surface area contributed by atoms with Gasteiger partial charge in [-0.3, -0.25) is 0 Å². The van der Waals surface area contributed by atoms with E-state index in [0.717, 1.165) is 6.92 Å². The molecule has 0 fully saturated rings. The van der Waals surface area contributed by atoms with E-state index in [-0.39, 0.29) is 7.43 Å². The van der Waals surface area contributed by atoms with Crippen LogP contribution in [0.15, 0.2) is 4.40 Å². The van der Waals surface area contributed by atoms with Crippen LogP contribution in [0.4, 0.5) is 0 Å². The topological polar surface area (TPSA) is 69.6 Å². The van der Waals surface area contributed by atoms with Crippen LogP contribution in [0.25, 0.3) is 0 Å². The zero-order valence-corrected chi connectivity index (χ0v) is 12.5. The van der Waals surface area contributed by atoms with Crippen molar-refractivity contribution in [2.45, 2.75) is 6.92 Å². The van der Waals surface area contributed by atoms with Crippen molar-refractivity contribution in [2.75, 3.05) is 0 Å². The second-order valence-corrected chi connectivity index (χ2v) is 1.44. The Labute approximate surface area is 50.0 Å². The molecule has 0 spiro atoms. The van der Waals surface area contributed by atoms with E-state index >= 15 is 0 Å². The summed E-state index contributed by atoms with van der Waals surface area (Å²) in [5.74, 6) is -0.701. The third kappa shape index (κ3) is 22.1. The quantitative estimate of drug-likeness (QED) is 0.255. The van der Waals surface area contributed by atoms with Gasteiger partial charge in [0.25, 0.3) is 0 Å². The van der Waals surface area contributed by atoms with Crippen LogP contribution >= 0.6 is 0 Å². The minimum Gasteiger partial charge on any atom is -0.864 e. The SMILES string of the molecule is CC([O-])=N[S-](=O)=O.[CH3+].[Rf]. The predicted octanol–water partition coefficient (Wildman–Crippen LogP) is -0.560. The molecule has 4 nitrogen and oxygen atoms in total. The maximum absolute atomic E-state index is 9.69. The Kier molecular flexibility index (Phi) is 11.0. The summed E-state index contributed by atoms with van der Waals surface area (Å²) in [4.78, 5) is 0. The van der Waals surface area contributed by atoms with Crippen molar-refractivity contribution in [1.82, 2.24) is 0 Å². The van der Waals surface area contributed by atoms with Gasteiger partial charge in [0.15, 0.2) is 0 Å². The molecule has 0 saturated carbocycles. The summed E-state index contributed by atoms with van der Waals surface area (Å²) in [7, 11) is -2.57. The Morgan fingerprint density at radius 3 is 1.89 bits per heavy atom. The standard InChI is InChI=1S/C2H4NO3S.CH3.Rf/c1-2(4)3-7(5)6;;/h1H3,(H,3,4,5,6);1H3;/q-1;+1;/p-1. The zero-order chi connectivity index (χ0) is 5.86. The molecule has 0 aliphatic heterocycles. The largest absolute Gasteiger partial charge is 0.864 e. The fourth-order valence-electron chi connectivity index (χ4n) is 0.105. The molecule has 0 radical (unpaired) electrons. The Balaban J connectivity index is -0.000000180. The van der Waals surface area contributed by atoms with Crippen molar-refractivity contribution in [3.8, 4) is 0 Å². The minimum absolute atomic E-state index is 0. The van der Waals surface area contributed by atoms with Gasteiger partial charge in [-0.2, -0.15) is 0 Å². The molecule has 0 N–H and O–H groups in total. The molecule has 0 heterocycles. The molecule has 0 saturated heterocycles. The van der Waals surface area contributed by atoms with E-state index in [2.05, 4.69) is 4.40 Å². The smallest absolute Gasteiger partial charge is 0.0467 e. The summed E-state index contributed by atoms with van der Waals surface area (Å²) < 4.78 is 21.4. The van der Waals surface area contributed by atoms with Crippen molar-refractivity contribution in [1.29, 1.82) is 0 Å². The molecule has 0 rings (SSSR count). The van der Waals surface area contributed by atoms with Crippen molar-refractivity contribution in [3.05, 3.63) is 7.43 Å². The molecule has 9 heavy (non-hydrogen) atoms. The molecule has 0 aliphatic rings. The average molecular weight is 403 g/mol. The van der Waals surface area contributed by atoms with Crippen LogP contribution in [0.3, 0.4) is 0 Å². The first-order valence-corrected chi connectivity index (χ1v) is 2.48. The van der Waals surface area contributed by atoms with Crippen LogP contribution in [0.2, 0.25) is 0 Å². The third-order valence-corrected chi connectivity index (χ3v) is 0.609. The van der Waals surface area contributed by atoms with E-state index < -0.39 is 16.8 Å². The Bertz CT molecular complexity index is 141. The van der Waals surface area contributed by atoms with Crippen LogP contribution in [0.1, 0.15) is 6.92 Å². The third-order valence-electron chi connectivity index (χ3n) is 0.203. The fourth-order valence-corrected chi connectivity index (χ4v) is 0.315. The molecule has 0 bridgehead atoms. The van der Waals surface area contributed by atoms with E-state index in [1.807, 2.05) is 0 Å². The van der Waals surface area contributed by atoms with Crippen LogP contribution < -0.4 is 5.11 Å². The Morgan fingerprint density at radius 2 is 1.89 bits per heavy atom. The molecule has 0 aliphatic carbocycles. The van der Waals surface area contributed by atoms with Gasteiger partial charge < -0.3 is 17.9 Å². The zero-order valence-electron chi connectivity index (χ0n) is 5.29. The molecule has 0 aromatic rings. The van der Waals surface area contributed by atoms with Crippen molar-refractivity contribution < 1.29 is 13.5 Å². The Morgan fingerprint density at radius 1 is 1.56 bits per heavy atom. The average Bonchev–Trinajstić information content (AvgIpc) is 1.27. The van der Waals surface area contributed by atoms with Gasteiger partial charge >= 0.3 is 0 Å². The molecule has 0 aromatic heterocycles. The van der Waals surface area contributed by atoms with Crippen LogP contribution in [-0.4, -0.2) is 5.90 Å². The first kappa shape index (κ1) is 15.7. The van der Waals surface area contributed by atoms with Crippen LogP contribution in [-0.2, 0) is 19.3 Å². The van der Waals surface area contributed by atoms with Gasteiger partial charge in [0.2, 0.25) is 0 Å². The molecular formula is C3H6NO3RfS-. The first-order chi connectivity index (χ1) is 3.13. The number of rotatable bonds is 1. The second kappa shape index (κ2) is 6.29. The van der Waals surface area contributed by atoms with Crippen molar-refractivity contribution in [3.63, 3.8) is 0 Å². The molecule has 6 heteroatoms. The minimum atomic E-state index is -2.57. The maximum atomic E-state index is 9.69. The summed E-state index contributed by atoms with van der Waals surface area (Å²) in [5.41, 5.74) is 0.